The van der Waals surface area contributed by atoms with Crippen LogP contribution in [0.3, 0.4) is 0 Å². The summed E-state index contributed by atoms with van der Waals surface area (Å²) in [6, 6.07) is 46.9. The normalized spacial score (nSPS) is 16.0. The van der Waals surface area contributed by atoms with Crippen molar-refractivity contribution in [3.8, 4) is 67.2 Å². The van der Waals surface area contributed by atoms with Gasteiger partial charge in [0, 0.05) is 110 Å². The number of pyridine rings is 6. The molecule has 0 aliphatic carbocycles. The smallest absolute Gasteiger partial charge is 0.410 e. The zero-order valence-electron chi connectivity index (χ0n) is 62.2. The van der Waals surface area contributed by atoms with E-state index in [9.17, 15) is 22.8 Å². The molecule has 0 spiro atoms. The van der Waals surface area contributed by atoms with E-state index in [2.05, 4.69) is 38.6 Å². The Morgan fingerprint density at radius 2 is 0.827 bits per heavy atom. The fraction of sp³-hybridized carbons (Fsp3) is 0.256. The lowest BCUT2D eigenvalue weighted by Gasteiger charge is -2.41. The fourth-order valence-electron chi connectivity index (χ4n) is 14.5. The number of halogens is 8. The number of hydrogen-bond donors (Lipinski definition) is 2. The number of ether oxygens (including phenoxy) is 1. The van der Waals surface area contributed by atoms with Gasteiger partial charge in [-0.3, -0.25) is 4.79 Å². The highest BCUT2D eigenvalue weighted by Crippen LogP contribution is 2.46. The molecule has 110 heavy (non-hydrogen) atoms. The lowest BCUT2D eigenvalue weighted by Crippen LogP contribution is -2.55. The maximum atomic E-state index is 15.9. The second-order valence-corrected chi connectivity index (χ2v) is 29.9. The number of piperazine rings is 3. The van der Waals surface area contributed by atoms with E-state index in [1.54, 1.807) is 82.6 Å². The Kier molecular flexibility index (Phi) is 22.8. The number of nitrogens with zero attached hydrogens (tertiary/aromatic N) is 11. The second kappa shape index (κ2) is 32.4. The van der Waals surface area contributed by atoms with Crippen LogP contribution in [0.15, 0.2) is 176 Å². The number of nitrogen functional groups attached to an aromatic ring is 1. The maximum Gasteiger partial charge on any atom is 0.410 e. The highest BCUT2D eigenvalue weighted by molar-refractivity contribution is 6.35. The molecular weight excluding hydrogens is 1460 g/mol. The molecule has 564 valence electrons. The van der Waals surface area contributed by atoms with Gasteiger partial charge in [0.25, 0.3) is 0 Å². The largest absolute Gasteiger partial charge is 0.444 e. The Morgan fingerprint density at radius 3 is 1.20 bits per heavy atom. The number of aromatic nitrogens is 6. The third-order valence-corrected chi connectivity index (χ3v) is 20.9. The lowest BCUT2D eigenvalue weighted by molar-refractivity contribution is -0.126. The first kappa shape index (κ1) is 77.3. The van der Waals surface area contributed by atoms with Gasteiger partial charge in [0.2, 0.25) is 17.8 Å². The van der Waals surface area contributed by atoms with Gasteiger partial charge in [0.1, 0.15) is 46.3 Å². The number of carbonyl (C=O) groups is 2. The van der Waals surface area contributed by atoms with Crippen molar-refractivity contribution in [1.29, 1.82) is 0 Å². The summed E-state index contributed by atoms with van der Waals surface area (Å²) in [7, 11) is 0. The van der Waals surface area contributed by atoms with Crippen molar-refractivity contribution < 1.29 is 36.3 Å². The molecule has 3 N–H and O–H groups in total. The van der Waals surface area contributed by atoms with Gasteiger partial charge in [-0.1, -0.05) is 151 Å². The van der Waals surface area contributed by atoms with E-state index in [1.165, 1.54) is 24.3 Å². The fourth-order valence-corrected chi connectivity index (χ4v) is 15.3. The lowest BCUT2D eigenvalue weighted by atomic mass is 9.97. The van der Waals surface area contributed by atoms with Crippen LogP contribution in [-0.4, -0.2) is 134 Å². The summed E-state index contributed by atoms with van der Waals surface area (Å²) in [6.45, 7) is 25.9. The standard InChI is InChI=1S/C31H33ClFN5O2.C29H25ClF2N4O.C26H23ClF2N4/c1-18-10-6-7-11-20(18)25-27-22(16-23(32)26(35-27)21-12-8-9-13-24(21)33)29(36-28(25)34)38-15-14-37(17-19(38)2)30(39)40-31(3,4)5;1-4-24(37)35-13-14-36(18(3)16-35)29-21-15-22(30)26(20-11-7-8-12-23(20)31)33-27(21)25(28(32)34-29)19-10-6-5-9-17(19)2;1-15-7-3-4-8-17(15)22-24-19(26(32-25(22)29)33-12-11-30-14-16(33)2)13-20(27)23(31-24)18-9-5-6-10-21(18)28/h6-13,16,19H,14-15,17H2,1-5H3,(H2,34,36);4-12,15,18H,1,13-14,16H2,2-3H3;3-10,13,16,30H,11-12,14H2,1-2H3/t19-;18-;16-/m000/s1. The quantitative estimate of drug-likeness (QED) is 0.0751. The van der Waals surface area contributed by atoms with Gasteiger partial charge < -0.3 is 40.3 Å². The zero-order chi connectivity index (χ0) is 78.1. The van der Waals surface area contributed by atoms with E-state index in [0.29, 0.717) is 145 Å². The molecule has 3 aliphatic heterocycles. The Bertz CT molecular complexity index is 5570. The molecule has 6 aromatic carbocycles. The summed E-state index contributed by atoms with van der Waals surface area (Å²) in [6.07, 6.45) is 0.950. The van der Waals surface area contributed by atoms with Crippen LogP contribution in [0.4, 0.5) is 50.0 Å². The number of amides is 2. The second-order valence-electron chi connectivity index (χ2n) is 28.7. The summed E-state index contributed by atoms with van der Waals surface area (Å²) in [5.41, 5.74) is 15.3. The van der Waals surface area contributed by atoms with Gasteiger partial charge in [-0.25, -0.2) is 47.9 Å². The number of benzene rings is 6. The van der Waals surface area contributed by atoms with Crippen molar-refractivity contribution in [3.63, 3.8) is 0 Å². The molecule has 3 fully saturated rings. The molecule has 2 amide bonds. The SMILES string of the molecule is C=CC(=O)N1CCN(c2nc(F)c(-c3ccccc3C)c3nc(-c4ccccc4F)c(Cl)cc23)[C@@H](C)C1.Cc1ccccc1-c1c(F)nc(N2CCNC[C@@H]2C)c2cc(Cl)c(-c3ccccc3F)nc12.Cc1ccccc1-c1c(N)nc(N2CCN(C(=O)OC(C)(C)C)C[C@@H]2C)c2cc(Cl)c(-c3ccccc3F)nc12. The van der Waals surface area contributed by atoms with E-state index in [1.807, 2.05) is 133 Å². The first-order valence-electron chi connectivity index (χ1n) is 36.2. The number of fused-ring (bicyclic) bond motifs is 3. The summed E-state index contributed by atoms with van der Waals surface area (Å²) >= 11 is 20.1. The van der Waals surface area contributed by atoms with Gasteiger partial charge >= 0.3 is 6.09 Å². The number of carbonyl (C=O) groups excluding carboxylic acids is 2. The van der Waals surface area contributed by atoms with Crippen LogP contribution < -0.4 is 25.8 Å². The third kappa shape index (κ3) is 15.7. The number of nitrogens with one attached hydrogen (secondary N) is 1. The van der Waals surface area contributed by atoms with E-state index in [-0.39, 0.29) is 63.2 Å². The first-order valence-corrected chi connectivity index (χ1v) is 37.3. The van der Waals surface area contributed by atoms with Gasteiger partial charge in [-0.2, -0.15) is 8.78 Å². The van der Waals surface area contributed by atoms with E-state index in [0.717, 1.165) is 35.3 Å². The minimum atomic E-state index is -0.678. The average Bonchev–Trinajstić information content (AvgIpc) is 0.751. The van der Waals surface area contributed by atoms with Crippen LogP contribution in [0.25, 0.3) is 99.9 Å². The Hall–Kier alpha value is -10.8. The van der Waals surface area contributed by atoms with Crippen LogP contribution in [-0.2, 0) is 9.53 Å². The van der Waals surface area contributed by atoms with Crippen molar-refractivity contribution >= 4 is 103 Å². The average molecular weight is 1550 g/mol. The Balaban J connectivity index is 0.000000146. The molecular formula is C86H81Cl3F5N13O3. The van der Waals surface area contributed by atoms with Crippen LogP contribution in [0, 0.1) is 50.1 Å². The van der Waals surface area contributed by atoms with E-state index in [4.69, 9.17) is 65.2 Å². The number of anilines is 4. The maximum absolute atomic E-state index is 15.9. The van der Waals surface area contributed by atoms with Crippen molar-refractivity contribution in [1.82, 2.24) is 45.0 Å². The molecule has 0 radical (unpaired) electrons. The number of rotatable bonds is 10. The summed E-state index contributed by atoms with van der Waals surface area (Å²) in [5, 5.41) is 6.08. The van der Waals surface area contributed by atoms with Crippen molar-refractivity contribution in [2.45, 2.75) is 86.0 Å². The molecule has 3 saturated heterocycles. The zero-order valence-corrected chi connectivity index (χ0v) is 64.5. The molecule has 15 rings (SSSR count). The topological polar surface area (TPSA) is 175 Å². The molecule has 16 nitrogen and oxygen atoms in total. The number of nitrogens with two attached hydrogens (primary N) is 1. The Labute approximate surface area is 650 Å². The molecule has 9 heterocycles. The molecule has 12 aromatic rings. The highest BCUT2D eigenvalue weighted by atomic mass is 35.5. The minimum absolute atomic E-state index is 0.0919. The van der Waals surface area contributed by atoms with Crippen LogP contribution in [0.2, 0.25) is 15.1 Å². The van der Waals surface area contributed by atoms with Gasteiger partial charge in [0.15, 0.2) is 0 Å². The first-order chi connectivity index (χ1) is 52.7. The molecule has 0 bridgehead atoms. The number of hydrogen-bond acceptors (Lipinski definition) is 14. The number of aryl methyl sites for hydroxylation is 3. The molecule has 0 unspecified atom stereocenters. The summed E-state index contributed by atoms with van der Waals surface area (Å²) in [4.78, 5) is 62.6. The third-order valence-electron chi connectivity index (χ3n) is 20.0. The van der Waals surface area contributed by atoms with Crippen molar-refractivity contribution in [3.05, 3.63) is 238 Å². The molecule has 3 atom stereocenters. The van der Waals surface area contributed by atoms with E-state index >= 15 is 8.78 Å². The summed E-state index contributed by atoms with van der Waals surface area (Å²) < 4.78 is 81.5. The van der Waals surface area contributed by atoms with Crippen molar-refractivity contribution in [2.24, 2.45) is 0 Å². The molecule has 6 aromatic heterocycles. The highest BCUT2D eigenvalue weighted by Gasteiger charge is 2.35. The van der Waals surface area contributed by atoms with E-state index < -0.39 is 34.9 Å². The van der Waals surface area contributed by atoms with Crippen LogP contribution >= 0.6 is 34.8 Å². The van der Waals surface area contributed by atoms with Gasteiger partial charge in [0.05, 0.1) is 65.4 Å². The van der Waals surface area contributed by atoms with Gasteiger partial charge in [-0.05, 0) is 156 Å². The summed E-state index contributed by atoms with van der Waals surface area (Å²) in [5.74, 6) is -0.930. The predicted molar refractivity (Wildman–Crippen MR) is 433 cm³/mol. The van der Waals surface area contributed by atoms with Crippen LogP contribution in [0.1, 0.15) is 58.2 Å². The van der Waals surface area contributed by atoms with Crippen molar-refractivity contribution in [2.75, 3.05) is 79.3 Å². The predicted octanol–water partition coefficient (Wildman–Crippen LogP) is 19.5. The van der Waals surface area contributed by atoms with Crippen LogP contribution in [0.5, 0.6) is 0 Å². The minimum Gasteiger partial charge on any atom is -0.444 e. The Morgan fingerprint density at radius 1 is 0.482 bits per heavy atom. The molecule has 24 heteroatoms. The monoisotopic (exact) mass is 1540 g/mol. The van der Waals surface area contributed by atoms with Gasteiger partial charge in [-0.15, -0.1) is 0 Å². The molecule has 3 aliphatic rings. The molecule has 0 saturated carbocycles.